The van der Waals surface area contributed by atoms with E-state index in [2.05, 4.69) is 16.0 Å². The molecule has 0 heterocycles. The van der Waals surface area contributed by atoms with E-state index in [1.807, 2.05) is 60.7 Å². The van der Waals surface area contributed by atoms with Crippen LogP contribution in [0.2, 0.25) is 10.0 Å². The summed E-state index contributed by atoms with van der Waals surface area (Å²) in [5.41, 5.74) is 2.16. The number of amides is 1. The molecule has 0 aromatic heterocycles. The summed E-state index contributed by atoms with van der Waals surface area (Å²) in [6.45, 7) is 0. The Bertz CT molecular complexity index is 1070. The Labute approximate surface area is 222 Å². The molecular formula is C23H18Cl5N3OS. The number of carbonyl (C=O) groups excluding carboxylic acids is 1. The van der Waals surface area contributed by atoms with E-state index in [4.69, 9.17) is 70.2 Å². The van der Waals surface area contributed by atoms with Crippen LogP contribution < -0.4 is 16.0 Å². The highest BCUT2D eigenvalue weighted by atomic mass is 35.6. The van der Waals surface area contributed by atoms with Crippen molar-refractivity contribution in [3.05, 3.63) is 100 Å². The van der Waals surface area contributed by atoms with Gasteiger partial charge in [-0.2, -0.15) is 0 Å². The van der Waals surface area contributed by atoms with E-state index < -0.39 is 15.9 Å². The molecular weight excluding hydrogens is 544 g/mol. The third-order valence-corrected chi connectivity index (χ3v) is 6.21. The van der Waals surface area contributed by atoms with E-state index >= 15 is 0 Å². The van der Waals surface area contributed by atoms with Crippen LogP contribution >= 0.6 is 70.2 Å². The van der Waals surface area contributed by atoms with Crippen LogP contribution in [0, 0.1) is 0 Å². The summed E-state index contributed by atoms with van der Waals surface area (Å²) >= 11 is 35.8. The van der Waals surface area contributed by atoms with Crippen molar-refractivity contribution in [2.75, 3.05) is 5.32 Å². The van der Waals surface area contributed by atoms with Gasteiger partial charge in [-0.1, -0.05) is 119 Å². The van der Waals surface area contributed by atoms with Crippen LogP contribution in [-0.2, 0) is 4.79 Å². The van der Waals surface area contributed by atoms with Gasteiger partial charge in [0, 0.05) is 5.69 Å². The molecule has 0 aliphatic carbocycles. The van der Waals surface area contributed by atoms with Gasteiger partial charge in [0.05, 0.1) is 16.0 Å². The molecule has 3 aromatic rings. The van der Waals surface area contributed by atoms with Gasteiger partial charge in [0.15, 0.2) is 5.11 Å². The van der Waals surface area contributed by atoms with Crippen molar-refractivity contribution in [2.24, 2.45) is 0 Å². The molecule has 0 radical (unpaired) electrons. The zero-order chi connectivity index (χ0) is 24.0. The molecule has 10 heteroatoms. The third kappa shape index (κ3) is 7.38. The molecule has 1 atom stereocenters. The lowest BCUT2D eigenvalue weighted by molar-refractivity contribution is -0.122. The highest BCUT2D eigenvalue weighted by Crippen LogP contribution is 2.31. The SMILES string of the molecule is O=C(NC(NC(=S)Nc1ccc(Cl)c(Cl)c1)C(Cl)(Cl)Cl)C(c1ccccc1)c1ccccc1. The van der Waals surface area contributed by atoms with Crippen LogP contribution in [0.3, 0.4) is 0 Å². The fraction of sp³-hybridized carbons (Fsp3) is 0.130. The summed E-state index contributed by atoms with van der Waals surface area (Å²) in [5.74, 6) is -0.991. The fourth-order valence-corrected chi connectivity index (χ4v) is 3.94. The minimum absolute atomic E-state index is 0.112. The number of halogens is 5. The Hall–Kier alpha value is -1.73. The first kappa shape index (κ1) is 25.9. The van der Waals surface area contributed by atoms with Gasteiger partial charge in [-0.15, -0.1) is 0 Å². The highest BCUT2D eigenvalue weighted by molar-refractivity contribution is 7.80. The Kier molecular flexibility index (Phi) is 9.10. The average Bonchev–Trinajstić information content (AvgIpc) is 2.77. The molecule has 0 bridgehead atoms. The van der Waals surface area contributed by atoms with E-state index in [0.29, 0.717) is 15.7 Å². The van der Waals surface area contributed by atoms with E-state index in [-0.39, 0.29) is 11.0 Å². The van der Waals surface area contributed by atoms with Crippen LogP contribution in [0.25, 0.3) is 0 Å². The summed E-state index contributed by atoms with van der Waals surface area (Å²) in [7, 11) is 0. The maximum Gasteiger partial charge on any atom is 0.233 e. The summed E-state index contributed by atoms with van der Waals surface area (Å²) in [6, 6.07) is 23.6. The van der Waals surface area contributed by atoms with Crippen molar-refractivity contribution in [1.29, 1.82) is 0 Å². The van der Waals surface area contributed by atoms with E-state index in [1.54, 1.807) is 18.2 Å². The Morgan fingerprint density at radius 1 is 0.788 bits per heavy atom. The molecule has 0 aliphatic rings. The number of rotatable bonds is 6. The zero-order valence-electron chi connectivity index (χ0n) is 16.9. The molecule has 0 saturated carbocycles. The van der Waals surface area contributed by atoms with Crippen molar-refractivity contribution in [1.82, 2.24) is 10.6 Å². The number of thiocarbonyl (C=S) groups is 1. The van der Waals surface area contributed by atoms with Crippen molar-refractivity contribution < 1.29 is 4.79 Å². The minimum atomic E-state index is -1.91. The lowest BCUT2D eigenvalue weighted by atomic mass is 9.90. The second-order valence-corrected chi connectivity index (χ2v) is 10.6. The predicted octanol–water partition coefficient (Wildman–Crippen LogP) is 6.92. The molecule has 3 rings (SSSR count). The molecule has 172 valence electrons. The molecule has 1 amide bonds. The number of nitrogens with one attached hydrogen (secondary N) is 3. The summed E-state index contributed by atoms with van der Waals surface area (Å²) in [5, 5.41) is 9.41. The van der Waals surface area contributed by atoms with Gasteiger partial charge >= 0.3 is 0 Å². The van der Waals surface area contributed by atoms with Gasteiger partial charge in [0.2, 0.25) is 9.70 Å². The Morgan fingerprint density at radius 3 is 1.82 bits per heavy atom. The van der Waals surface area contributed by atoms with Crippen LogP contribution in [0.5, 0.6) is 0 Å². The number of hydrogen-bond donors (Lipinski definition) is 3. The van der Waals surface area contributed by atoms with Gasteiger partial charge in [0.1, 0.15) is 6.17 Å². The number of hydrogen-bond acceptors (Lipinski definition) is 2. The van der Waals surface area contributed by atoms with Gasteiger partial charge in [-0.05, 0) is 41.5 Å². The molecule has 0 saturated heterocycles. The van der Waals surface area contributed by atoms with Crippen molar-refractivity contribution in [3.8, 4) is 0 Å². The monoisotopic (exact) mass is 559 g/mol. The molecule has 0 aliphatic heterocycles. The van der Waals surface area contributed by atoms with Gasteiger partial charge in [0.25, 0.3) is 0 Å². The Morgan fingerprint density at radius 2 is 1.33 bits per heavy atom. The topological polar surface area (TPSA) is 53.2 Å². The second-order valence-electron chi connectivity index (χ2n) is 6.96. The molecule has 0 spiro atoms. The smallest absolute Gasteiger partial charge is 0.233 e. The predicted molar refractivity (Wildman–Crippen MR) is 143 cm³/mol. The standard InChI is InChI=1S/C23H18Cl5N3OS/c24-17-12-11-16(13-18(17)25)29-22(33)31-21(23(26,27)28)30-20(32)19(14-7-3-1-4-8-14)15-9-5-2-6-10-15/h1-13,19,21H,(H,30,32)(H2,29,31,33). The van der Waals surface area contributed by atoms with Crippen molar-refractivity contribution in [3.63, 3.8) is 0 Å². The highest BCUT2D eigenvalue weighted by Gasteiger charge is 2.36. The van der Waals surface area contributed by atoms with Crippen molar-refractivity contribution >= 4 is 86.9 Å². The average molecular weight is 562 g/mol. The van der Waals surface area contributed by atoms with Crippen molar-refractivity contribution in [2.45, 2.75) is 15.9 Å². The lowest BCUT2D eigenvalue weighted by Gasteiger charge is -2.29. The van der Waals surface area contributed by atoms with E-state index in [1.165, 1.54) is 0 Å². The summed E-state index contributed by atoms with van der Waals surface area (Å²) in [6.07, 6.45) is -1.13. The second kappa shape index (κ2) is 11.6. The van der Waals surface area contributed by atoms with E-state index in [0.717, 1.165) is 11.1 Å². The maximum absolute atomic E-state index is 13.4. The first-order valence-electron chi connectivity index (χ1n) is 9.64. The van der Waals surface area contributed by atoms with Crippen LogP contribution in [0.1, 0.15) is 17.0 Å². The minimum Gasteiger partial charge on any atom is -0.339 e. The molecule has 3 aromatic carbocycles. The van der Waals surface area contributed by atoms with Crippen LogP contribution in [0.4, 0.5) is 5.69 Å². The van der Waals surface area contributed by atoms with Crippen LogP contribution in [-0.4, -0.2) is 21.0 Å². The first-order valence-corrected chi connectivity index (χ1v) is 11.9. The van der Waals surface area contributed by atoms with Gasteiger partial charge in [-0.3, -0.25) is 4.79 Å². The Balaban J connectivity index is 1.80. The van der Waals surface area contributed by atoms with Gasteiger partial charge in [-0.25, -0.2) is 0 Å². The first-order chi connectivity index (χ1) is 15.6. The number of carbonyl (C=O) groups is 1. The molecule has 33 heavy (non-hydrogen) atoms. The number of alkyl halides is 3. The quantitative estimate of drug-likeness (QED) is 0.174. The fourth-order valence-electron chi connectivity index (χ4n) is 3.08. The number of anilines is 1. The maximum atomic E-state index is 13.4. The normalized spacial score (nSPS) is 12.2. The molecule has 0 fully saturated rings. The summed E-state index contributed by atoms with van der Waals surface area (Å²) < 4.78 is -1.91. The largest absolute Gasteiger partial charge is 0.339 e. The lowest BCUT2D eigenvalue weighted by Crippen LogP contribution is -2.57. The molecule has 4 nitrogen and oxygen atoms in total. The third-order valence-electron chi connectivity index (χ3n) is 4.59. The van der Waals surface area contributed by atoms with Gasteiger partial charge < -0.3 is 16.0 Å². The molecule has 1 unspecified atom stereocenters. The number of benzene rings is 3. The van der Waals surface area contributed by atoms with Crippen LogP contribution in [0.15, 0.2) is 78.9 Å². The zero-order valence-corrected chi connectivity index (χ0v) is 21.5. The molecule has 3 N–H and O–H groups in total. The van der Waals surface area contributed by atoms with E-state index in [9.17, 15) is 4.79 Å². The summed E-state index contributed by atoms with van der Waals surface area (Å²) in [4.78, 5) is 13.4.